The maximum absolute atomic E-state index is 13.1. The fourth-order valence-corrected chi connectivity index (χ4v) is 4.97. The zero-order valence-corrected chi connectivity index (χ0v) is 20.0. The molecule has 33 heavy (non-hydrogen) atoms. The Hall–Kier alpha value is -3.19. The van der Waals surface area contributed by atoms with Crippen molar-refractivity contribution in [3.05, 3.63) is 64.5 Å². The molecule has 0 spiro atoms. The number of anilines is 1. The highest BCUT2D eigenvalue weighted by Gasteiger charge is 2.23. The normalized spacial score (nSPS) is 17.3. The Morgan fingerprint density at radius 2 is 1.91 bits per heavy atom. The molecule has 0 radical (unpaired) electrons. The molecule has 5 heterocycles. The first kappa shape index (κ1) is 21.6. The van der Waals surface area contributed by atoms with E-state index in [4.69, 9.17) is 4.98 Å². The summed E-state index contributed by atoms with van der Waals surface area (Å²) in [4.78, 5) is 27.5. The van der Waals surface area contributed by atoms with Gasteiger partial charge in [0.15, 0.2) is 0 Å². The zero-order chi connectivity index (χ0) is 23.1. The lowest BCUT2D eigenvalue weighted by atomic mass is 10.1. The Balaban J connectivity index is 1.50. The molecule has 1 aliphatic rings. The molecule has 0 amide bonds. The second-order valence-electron chi connectivity index (χ2n) is 9.15. The molecular weight excluding hydrogens is 412 g/mol. The van der Waals surface area contributed by atoms with E-state index < -0.39 is 0 Å². The SMILES string of the molecule is CCCN1CCN(c2ccc3nc(-c4cc(CC)c5nc(C)cn5c4)cc(=O)n3c2)C[C@@H]1C. The maximum Gasteiger partial charge on any atom is 0.258 e. The lowest BCUT2D eigenvalue weighted by Crippen LogP contribution is -2.52. The van der Waals surface area contributed by atoms with Crippen molar-refractivity contribution in [3.8, 4) is 11.3 Å². The maximum atomic E-state index is 13.1. The van der Waals surface area contributed by atoms with Crippen LogP contribution in [0.3, 0.4) is 0 Å². The molecule has 0 saturated carbocycles. The minimum Gasteiger partial charge on any atom is -0.367 e. The van der Waals surface area contributed by atoms with Crippen LogP contribution in [-0.4, -0.2) is 55.9 Å². The zero-order valence-electron chi connectivity index (χ0n) is 20.0. The lowest BCUT2D eigenvalue weighted by molar-refractivity contribution is 0.190. The first-order chi connectivity index (χ1) is 16.0. The van der Waals surface area contributed by atoms with E-state index in [1.165, 1.54) is 6.42 Å². The first-order valence-corrected chi connectivity index (χ1v) is 12.0. The summed E-state index contributed by atoms with van der Waals surface area (Å²) in [5.41, 5.74) is 6.40. The Kier molecular flexibility index (Phi) is 5.66. The fourth-order valence-electron chi connectivity index (χ4n) is 4.97. The van der Waals surface area contributed by atoms with Crippen molar-refractivity contribution in [3.63, 3.8) is 0 Å². The van der Waals surface area contributed by atoms with E-state index in [2.05, 4.69) is 47.7 Å². The van der Waals surface area contributed by atoms with Crippen LogP contribution in [0.15, 0.2) is 47.7 Å². The minimum absolute atomic E-state index is 0.0607. The standard InChI is InChI=1S/C26H32N6O/c1-5-9-29-10-11-30(15-19(29)4)22-7-8-24-28-23(13-25(33)32(24)17-22)21-12-20(6-2)26-27-18(3)14-31(26)16-21/h7-8,12-14,16-17,19H,5-6,9-11,15H2,1-4H3/t19-/m0/s1. The number of imidazole rings is 1. The highest BCUT2D eigenvalue weighted by atomic mass is 16.1. The molecule has 1 atom stereocenters. The van der Waals surface area contributed by atoms with Gasteiger partial charge < -0.3 is 9.30 Å². The number of piperazine rings is 1. The van der Waals surface area contributed by atoms with Gasteiger partial charge in [-0.1, -0.05) is 13.8 Å². The molecule has 4 aromatic heterocycles. The number of fused-ring (bicyclic) bond motifs is 2. The van der Waals surface area contributed by atoms with Crippen molar-refractivity contribution >= 4 is 17.0 Å². The second-order valence-corrected chi connectivity index (χ2v) is 9.15. The van der Waals surface area contributed by atoms with Crippen molar-refractivity contribution in [1.29, 1.82) is 0 Å². The minimum atomic E-state index is -0.0607. The summed E-state index contributed by atoms with van der Waals surface area (Å²) in [6.45, 7) is 12.8. The smallest absolute Gasteiger partial charge is 0.258 e. The van der Waals surface area contributed by atoms with Crippen LogP contribution >= 0.6 is 0 Å². The number of hydrogen-bond donors (Lipinski definition) is 0. The van der Waals surface area contributed by atoms with Crippen LogP contribution in [0, 0.1) is 6.92 Å². The molecule has 172 valence electrons. The van der Waals surface area contributed by atoms with Crippen molar-refractivity contribution in [1.82, 2.24) is 23.7 Å². The molecule has 1 saturated heterocycles. The van der Waals surface area contributed by atoms with Gasteiger partial charge >= 0.3 is 0 Å². The molecule has 4 aromatic rings. The topological polar surface area (TPSA) is 58.2 Å². The van der Waals surface area contributed by atoms with Gasteiger partial charge in [-0.3, -0.25) is 14.1 Å². The van der Waals surface area contributed by atoms with Gasteiger partial charge in [-0.25, -0.2) is 9.97 Å². The van der Waals surface area contributed by atoms with Crippen molar-refractivity contribution < 1.29 is 0 Å². The van der Waals surface area contributed by atoms with Gasteiger partial charge in [0.1, 0.15) is 11.3 Å². The van der Waals surface area contributed by atoms with E-state index in [0.717, 1.165) is 60.8 Å². The highest BCUT2D eigenvalue weighted by Crippen LogP contribution is 2.24. The summed E-state index contributed by atoms with van der Waals surface area (Å²) >= 11 is 0. The summed E-state index contributed by atoms with van der Waals surface area (Å²) in [5, 5.41) is 0. The predicted octanol–water partition coefficient (Wildman–Crippen LogP) is 3.80. The third-order valence-corrected chi connectivity index (χ3v) is 6.71. The van der Waals surface area contributed by atoms with Gasteiger partial charge in [0.25, 0.3) is 5.56 Å². The molecule has 7 heteroatoms. The molecule has 7 nitrogen and oxygen atoms in total. The number of pyridine rings is 2. The van der Waals surface area contributed by atoms with Crippen LogP contribution in [0.4, 0.5) is 5.69 Å². The van der Waals surface area contributed by atoms with Gasteiger partial charge in [-0.2, -0.15) is 0 Å². The second kappa shape index (κ2) is 8.63. The van der Waals surface area contributed by atoms with Crippen molar-refractivity contribution in [2.45, 2.75) is 46.6 Å². The summed E-state index contributed by atoms with van der Waals surface area (Å²) in [5.74, 6) is 0. The van der Waals surface area contributed by atoms with Crippen LogP contribution in [0.2, 0.25) is 0 Å². The Morgan fingerprint density at radius 3 is 2.67 bits per heavy atom. The van der Waals surface area contributed by atoms with Gasteiger partial charge in [-0.15, -0.1) is 0 Å². The summed E-state index contributed by atoms with van der Waals surface area (Å²) in [6.07, 6.45) is 8.01. The molecule has 0 bridgehead atoms. The van der Waals surface area contributed by atoms with Crippen LogP contribution in [0.25, 0.3) is 22.6 Å². The van der Waals surface area contributed by atoms with E-state index in [0.29, 0.717) is 17.4 Å². The fraction of sp³-hybridized carbons (Fsp3) is 0.423. The third-order valence-electron chi connectivity index (χ3n) is 6.71. The number of rotatable bonds is 5. The molecule has 0 aliphatic carbocycles. The monoisotopic (exact) mass is 444 g/mol. The molecule has 5 rings (SSSR count). The van der Waals surface area contributed by atoms with Crippen LogP contribution in [-0.2, 0) is 6.42 Å². The Labute approximate surface area is 194 Å². The van der Waals surface area contributed by atoms with Crippen LogP contribution in [0.1, 0.15) is 38.4 Å². The van der Waals surface area contributed by atoms with Gasteiger partial charge in [0.05, 0.1) is 17.1 Å². The van der Waals surface area contributed by atoms with E-state index in [1.54, 1.807) is 10.5 Å². The van der Waals surface area contributed by atoms with Gasteiger partial charge in [0.2, 0.25) is 0 Å². The molecular formula is C26H32N6O. The lowest BCUT2D eigenvalue weighted by Gasteiger charge is -2.40. The highest BCUT2D eigenvalue weighted by molar-refractivity contribution is 5.66. The Morgan fingerprint density at radius 1 is 1.06 bits per heavy atom. The van der Waals surface area contributed by atoms with E-state index in [-0.39, 0.29) is 5.56 Å². The van der Waals surface area contributed by atoms with E-state index in [1.807, 2.05) is 36.0 Å². The van der Waals surface area contributed by atoms with E-state index >= 15 is 0 Å². The molecule has 0 aromatic carbocycles. The molecule has 0 unspecified atom stereocenters. The number of aryl methyl sites for hydroxylation is 2. The molecule has 0 N–H and O–H groups in total. The number of aromatic nitrogens is 4. The first-order valence-electron chi connectivity index (χ1n) is 12.0. The van der Waals surface area contributed by atoms with Crippen LogP contribution in [0.5, 0.6) is 0 Å². The summed E-state index contributed by atoms with van der Waals surface area (Å²) in [7, 11) is 0. The number of hydrogen-bond acceptors (Lipinski definition) is 5. The molecule has 1 aliphatic heterocycles. The predicted molar refractivity (Wildman–Crippen MR) is 133 cm³/mol. The molecule has 1 fully saturated rings. The summed E-state index contributed by atoms with van der Waals surface area (Å²) in [6, 6.07) is 8.30. The average Bonchev–Trinajstić information content (AvgIpc) is 3.19. The summed E-state index contributed by atoms with van der Waals surface area (Å²) < 4.78 is 3.71. The van der Waals surface area contributed by atoms with Crippen molar-refractivity contribution in [2.24, 2.45) is 0 Å². The van der Waals surface area contributed by atoms with E-state index in [9.17, 15) is 4.79 Å². The third kappa shape index (κ3) is 4.02. The van der Waals surface area contributed by atoms with Crippen molar-refractivity contribution in [2.75, 3.05) is 31.1 Å². The average molecular weight is 445 g/mol. The van der Waals surface area contributed by atoms with Gasteiger partial charge in [0, 0.05) is 55.9 Å². The Bertz CT molecular complexity index is 1370. The van der Waals surface area contributed by atoms with Crippen LogP contribution < -0.4 is 10.5 Å². The van der Waals surface area contributed by atoms with Gasteiger partial charge in [-0.05, 0) is 57.0 Å². The number of nitrogens with zero attached hydrogens (tertiary/aromatic N) is 6. The largest absolute Gasteiger partial charge is 0.367 e. The quantitative estimate of drug-likeness (QED) is 0.469.